The van der Waals surface area contributed by atoms with Gasteiger partial charge in [0.05, 0.1) is 16.9 Å². The maximum atomic E-state index is 12.0. The maximum Gasteiger partial charge on any atom is 0.248 e. The van der Waals surface area contributed by atoms with E-state index in [2.05, 4.69) is 10.3 Å². The predicted molar refractivity (Wildman–Crippen MR) is 90.3 cm³/mol. The van der Waals surface area contributed by atoms with Gasteiger partial charge in [0, 0.05) is 17.7 Å². The summed E-state index contributed by atoms with van der Waals surface area (Å²) in [5.74, 6) is -0.223. The van der Waals surface area contributed by atoms with Gasteiger partial charge in [-0.3, -0.25) is 9.78 Å². The lowest BCUT2D eigenvalue weighted by molar-refractivity contribution is -0.111. The summed E-state index contributed by atoms with van der Waals surface area (Å²) in [7, 11) is 0. The van der Waals surface area contributed by atoms with Gasteiger partial charge in [-0.1, -0.05) is 30.3 Å². The van der Waals surface area contributed by atoms with E-state index in [-0.39, 0.29) is 5.91 Å². The molecule has 3 rings (SSSR count). The standard InChI is InChI=1S/C18H15N3O/c19-15-6-2-4-8-17(15)21-18(22)10-9-13-11-12-20-16-7-3-1-5-14(13)16/h1-12H,19H2,(H,21,22)/b10-9+. The Morgan fingerprint density at radius 1 is 1.05 bits per heavy atom. The predicted octanol–water partition coefficient (Wildman–Crippen LogP) is 3.47. The van der Waals surface area contributed by atoms with Crippen LogP contribution in [0, 0.1) is 0 Å². The van der Waals surface area contributed by atoms with Crippen molar-refractivity contribution in [2.24, 2.45) is 0 Å². The normalized spacial score (nSPS) is 10.9. The van der Waals surface area contributed by atoms with Crippen molar-refractivity contribution in [3.8, 4) is 0 Å². The van der Waals surface area contributed by atoms with Crippen LogP contribution in [0.1, 0.15) is 5.56 Å². The molecule has 3 aromatic rings. The topological polar surface area (TPSA) is 68.0 Å². The zero-order chi connectivity index (χ0) is 15.4. The molecule has 108 valence electrons. The number of fused-ring (bicyclic) bond motifs is 1. The van der Waals surface area contributed by atoms with Crippen LogP contribution in [0.4, 0.5) is 11.4 Å². The number of nitrogens with zero attached hydrogens (tertiary/aromatic N) is 1. The van der Waals surface area contributed by atoms with E-state index in [1.54, 1.807) is 24.4 Å². The molecule has 1 heterocycles. The van der Waals surface area contributed by atoms with Gasteiger partial charge >= 0.3 is 0 Å². The first-order chi connectivity index (χ1) is 10.7. The van der Waals surface area contributed by atoms with Crippen LogP contribution in [0.2, 0.25) is 0 Å². The molecule has 0 spiro atoms. The number of rotatable bonds is 3. The highest BCUT2D eigenvalue weighted by molar-refractivity contribution is 6.04. The zero-order valence-corrected chi connectivity index (χ0v) is 11.9. The second-order valence-corrected chi connectivity index (χ2v) is 4.83. The number of nitrogens with one attached hydrogen (secondary N) is 1. The number of carbonyl (C=O) groups excluding carboxylic acids is 1. The smallest absolute Gasteiger partial charge is 0.248 e. The van der Waals surface area contributed by atoms with Crippen LogP contribution in [0.25, 0.3) is 17.0 Å². The van der Waals surface area contributed by atoms with Crippen LogP contribution in [0.5, 0.6) is 0 Å². The first-order valence-electron chi connectivity index (χ1n) is 6.91. The van der Waals surface area contributed by atoms with Gasteiger partial charge in [0.15, 0.2) is 0 Å². The van der Waals surface area contributed by atoms with Crippen molar-refractivity contribution in [3.05, 3.63) is 72.4 Å². The lowest BCUT2D eigenvalue weighted by atomic mass is 10.1. The molecule has 4 nitrogen and oxygen atoms in total. The minimum absolute atomic E-state index is 0.223. The van der Waals surface area contributed by atoms with Crippen molar-refractivity contribution in [2.45, 2.75) is 0 Å². The Labute approximate surface area is 128 Å². The lowest BCUT2D eigenvalue weighted by Gasteiger charge is -2.05. The van der Waals surface area contributed by atoms with Gasteiger partial charge in [0.25, 0.3) is 0 Å². The number of nitrogens with two attached hydrogens (primary N) is 1. The second kappa shape index (κ2) is 6.10. The Balaban J connectivity index is 1.81. The average Bonchev–Trinajstić information content (AvgIpc) is 2.55. The van der Waals surface area contributed by atoms with Crippen LogP contribution in [0.3, 0.4) is 0 Å². The summed E-state index contributed by atoms with van der Waals surface area (Å²) in [5.41, 5.74) is 8.80. The summed E-state index contributed by atoms with van der Waals surface area (Å²) in [5, 5.41) is 3.77. The van der Waals surface area contributed by atoms with E-state index in [9.17, 15) is 4.79 Å². The molecule has 1 aromatic heterocycles. The Morgan fingerprint density at radius 3 is 2.68 bits per heavy atom. The number of para-hydroxylation sites is 3. The van der Waals surface area contributed by atoms with Gasteiger partial charge in [0.2, 0.25) is 5.91 Å². The summed E-state index contributed by atoms with van der Waals surface area (Å²) < 4.78 is 0. The van der Waals surface area contributed by atoms with E-state index in [1.807, 2.05) is 42.5 Å². The molecule has 0 saturated heterocycles. The summed E-state index contributed by atoms with van der Waals surface area (Å²) >= 11 is 0. The van der Waals surface area contributed by atoms with Crippen molar-refractivity contribution in [1.29, 1.82) is 0 Å². The van der Waals surface area contributed by atoms with E-state index in [1.165, 1.54) is 6.08 Å². The minimum atomic E-state index is -0.223. The number of amides is 1. The number of hydrogen-bond donors (Lipinski definition) is 2. The zero-order valence-electron chi connectivity index (χ0n) is 11.9. The van der Waals surface area contributed by atoms with Crippen LogP contribution >= 0.6 is 0 Å². The molecule has 0 saturated carbocycles. The fourth-order valence-corrected chi connectivity index (χ4v) is 2.21. The van der Waals surface area contributed by atoms with Gasteiger partial charge in [0.1, 0.15) is 0 Å². The molecule has 0 unspecified atom stereocenters. The minimum Gasteiger partial charge on any atom is -0.397 e. The SMILES string of the molecule is Nc1ccccc1NC(=O)/C=C/c1ccnc2ccccc12. The van der Waals surface area contributed by atoms with Crippen molar-refractivity contribution >= 4 is 34.3 Å². The Bertz CT molecular complexity index is 850. The van der Waals surface area contributed by atoms with Gasteiger partial charge in [-0.05, 0) is 35.9 Å². The van der Waals surface area contributed by atoms with Crippen molar-refractivity contribution in [1.82, 2.24) is 4.98 Å². The lowest BCUT2D eigenvalue weighted by Crippen LogP contribution is -2.09. The van der Waals surface area contributed by atoms with Gasteiger partial charge in [-0.2, -0.15) is 0 Å². The van der Waals surface area contributed by atoms with Crippen molar-refractivity contribution in [2.75, 3.05) is 11.1 Å². The number of nitrogen functional groups attached to an aromatic ring is 1. The molecule has 3 N–H and O–H groups in total. The highest BCUT2D eigenvalue weighted by atomic mass is 16.1. The summed E-state index contributed by atoms with van der Waals surface area (Å²) in [4.78, 5) is 16.3. The number of anilines is 2. The van der Waals surface area contributed by atoms with Crippen LogP contribution in [0.15, 0.2) is 66.9 Å². The molecule has 0 aliphatic heterocycles. The number of aromatic nitrogens is 1. The molecule has 1 amide bonds. The molecule has 0 atom stereocenters. The Hall–Kier alpha value is -3.14. The van der Waals surface area contributed by atoms with E-state index in [0.717, 1.165) is 16.5 Å². The largest absolute Gasteiger partial charge is 0.397 e. The second-order valence-electron chi connectivity index (χ2n) is 4.83. The van der Waals surface area contributed by atoms with E-state index < -0.39 is 0 Å². The van der Waals surface area contributed by atoms with Gasteiger partial charge < -0.3 is 11.1 Å². The first kappa shape index (κ1) is 13.8. The molecule has 0 aliphatic rings. The summed E-state index contributed by atoms with van der Waals surface area (Å²) in [6, 6.07) is 16.9. The Morgan fingerprint density at radius 2 is 1.82 bits per heavy atom. The quantitative estimate of drug-likeness (QED) is 0.573. The van der Waals surface area contributed by atoms with Crippen LogP contribution in [-0.4, -0.2) is 10.9 Å². The third-order valence-electron chi connectivity index (χ3n) is 3.32. The van der Waals surface area contributed by atoms with E-state index in [4.69, 9.17) is 5.73 Å². The highest BCUT2D eigenvalue weighted by Crippen LogP contribution is 2.18. The molecule has 4 heteroatoms. The molecule has 0 aliphatic carbocycles. The van der Waals surface area contributed by atoms with E-state index >= 15 is 0 Å². The molecular formula is C18H15N3O. The fraction of sp³-hybridized carbons (Fsp3) is 0. The summed E-state index contributed by atoms with van der Waals surface area (Å²) in [6.07, 6.45) is 5.00. The monoisotopic (exact) mass is 289 g/mol. The molecular weight excluding hydrogens is 274 g/mol. The van der Waals surface area contributed by atoms with Crippen molar-refractivity contribution in [3.63, 3.8) is 0 Å². The van der Waals surface area contributed by atoms with Crippen LogP contribution < -0.4 is 11.1 Å². The Kier molecular flexibility index (Phi) is 3.83. The molecule has 0 fully saturated rings. The first-order valence-corrected chi connectivity index (χ1v) is 6.91. The molecule has 2 aromatic carbocycles. The highest BCUT2D eigenvalue weighted by Gasteiger charge is 2.02. The van der Waals surface area contributed by atoms with E-state index in [0.29, 0.717) is 11.4 Å². The fourth-order valence-electron chi connectivity index (χ4n) is 2.21. The third-order valence-corrected chi connectivity index (χ3v) is 3.32. The molecule has 22 heavy (non-hydrogen) atoms. The van der Waals surface area contributed by atoms with Gasteiger partial charge in [-0.15, -0.1) is 0 Å². The molecule has 0 bridgehead atoms. The average molecular weight is 289 g/mol. The number of hydrogen-bond acceptors (Lipinski definition) is 3. The van der Waals surface area contributed by atoms with Crippen LogP contribution in [-0.2, 0) is 4.79 Å². The van der Waals surface area contributed by atoms with Gasteiger partial charge in [-0.25, -0.2) is 0 Å². The van der Waals surface area contributed by atoms with Crippen molar-refractivity contribution < 1.29 is 4.79 Å². The summed E-state index contributed by atoms with van der Waals surface area (Å²) in [6.45, 7) is 0. The molecule has 0 radical (unpaired) electrons. The maximum absolute atomic E-state index is 12.0. The number of pyridine rings is 1. The number of carbonyl (C=O) groups is 1. The number of benzene rings is 2. The third kappa shape index (κ3) is 2.96.